The molecule has 0 fully saturated rings. The van der Waals surface area contributed by atoms with Crippen LogP contribution in [0.1, 0.15) is 11.1 Å². The Morgan fingerprint density at radius 2 is 1.85 bits per heavy atom. The van der Waals surface area contributed by atoms with Crippen LogP contribution in [0, 0.1) is 0 Å². The number of amides is 2. The van der Waals surface area contributed by atoms with Crippen LogP contribution in [0.4, 0.5) is 11.4 Å². The molecular formula is C20H23N3O3. The maximum absolute atomic E-state index is 12.5. The molecule has 3 rings (SSSR count). The fourth-order valence-corrected chi connectivity index (χ4v) is 3.03. The molecule has 0 atom stereocenters. The van der Waals surface area contributed by atoms with Crippen LogP contribution in [-0.4, -0.2) is 43.5 Å². The molecule has 1 aliphatic rings. The first kappa shape index (κ1) is 17.9. The van der Waals surface area contributed by atoms with Crippen LogP contribution in [0.5, 0.6) is 0 Å². The summed E-state index contributed by atoms with van der Waals surface area (Å²) in [6.45, 7) is 1.62. The highest BCUT2D eigenvalue weighted by molar-refractivity contribution is 5.92. The molecule has 0 saturated heterocycles. The normalized spacial score (nSPS) is 13.0. The van der Waals surface area contributed by atoms with Crippen molar-refractivity contribution in [1.29, 1.82) is 0 Å². The molecule has 0 radical (unpaired) electrons. The molecule has 0 spiro atoms. The van der Waals surface area contributed by atoms with Crippen LogP contribution in [0.2, 0.25) is 0 Å². The number of anilines is 2. The SMILES string of the molecule is COCC(=O)Nc1cccc(NCC(=O)N2CCc3ccccc3C2)c1. The second kappa shape index (κ2) is 8.49. The van der Waals surface area contributed by atoms with Gasteiger partial charge in [0.25, 0.3) is 0 Å². The van der Waals surface area contributed by atoms with Crippen molar-refractivity contribution in [1.82, 2.24) is 4.90 Å². The molecule has 2 aromatic carbocycles. The van der Waals surface area contributed by atoms with Crippen molar-refractivity contribution in [2.24, 2.45) is 0 Å². The van der Waals surface area contributed by atoms with Gasteiger partial charge in [-0.1, -0.05) is 30.3 Å². The van der Waals surface area contributed by atoms with Crippen molar-refractivity contribution in [2.75, 3.05) is 37.4 Å². The Bertz CT molecular complexity index is 791. The first-order chi connectivity index (χ1) is 12.7. The Labute approximate surface area is 153 Å². The number of benzene rings is 2. The maximum Gasteiger partial charge on any atom is 0.250 e. The lowest BCUT2D eigenvalue weighted by Gasteiger charge is -2.29. The Morgan fingerprint density at radius 1 is 1.08 bits per heavy atom. The van der Waals surface area contributed by atoms with Gasteiger partial charge in [-0.25, -0.2) is 0 Å². The number of fused-ring (bicyclic) bond motifs is 1. The van der Waals surface area contributed by atoms with E-state index in [1.807, 2.05) is 29.2 Å². The molecule has 26 heavy (non-hydrogen) atoms. The molecule has 1 aliphatic heterocycles. The summed E-state index contributed by atoms with van der Waals surface area (Å²) in [5.41, 5.74) is 3.99. The number of nitrogens with zero attached hydrogens (tertiary/aromatic N) is 1. The zero-order valence-electron chi connectivity index (χ0n) is 14.8. The van der Waals surface area contributed by atoms with Gasteiger partial charge < -0.3 is 20.3 Å². The molecule has 0 saturated carbocycles. The minimum absolute atomic E-state index is 0.00652. The monoisotopic (exact) mass is 353 g/mol. The zero-order chi connectivity index (χ0) is 18.4. The molecule has 136 valence electrons. The van der Waals surface area contributed by atoms with Gasteiger partial charge in [-0.2, -0.15) is 0 Å². The molecule has 0 aliphatic carbocycles. The third kappa shape index (κ3) is 4.61. The van der Waals surface area contributed by atoms with E-state index < -0.39 is 0 Å². The average molecular weight is 353 g/mol. The number of carbonyl (C=O) groups is 2. The predicted molar refractivity (Wildman–Crippen MR) is 101 cm³/mol. The number of ether oxygens (including phenoxy) is 1. The van der Waals surface area contributed by atoms with Gasteiger partial charge in [-0.05, 0) is 35.7 Å². The Hall–Kier alpha value is -2.86. The highest BCUT2D eigenvalue weighted by atomic mass is 16.5. The molecule has 0 aromatic heterocycles. The van der Waals surface area contributed by atoms with Gasteiger partial charge in [0.1, 0.15) is 6.61 Å². The van der Waals surface area contributed by atoms with Gasteiger partial charge in [0.05, 0.1) is 6.54 Å². The van der Waals surface area contributed by atoms with Gasteiger partial charge in [0.15, 0.2) is 0 Å². The molecule has 2 aromatic rings. The topological polar surface area (TPSA) is 70.7 Å². The van der Waals surface area contributed by atoms with E-state index in [-0.39, 0.29) is 25.0 Å². The van der Waals surface area contributed by atoms with Crippen LogP contribution in [0.25, 0.3) is 0 Å². The highest BCUT2D eigenvalue weighted by Crippen LogP contribution is 2.19. The molecule has 1 heterocycles. The number of carbonyl (C=O) groups excluding carboxylic acids is 2. The summed E-state index contributed by atoms with van der Waals surface area (Å²) in [6.07, 6.45) is 0.892. The summed E-state index contributed by atoms with van der Waals surface area (Å²) in [6, 6.07) is 15.5. The molecule has 6 heteroatoms. The van der Waals surface area contributed by atoms with Crippen molar-refractivity contribution in [3.05, 3.63) is 59.7 Å². The van der Waals surface area contributed by atoms with Crippen molar-refractivity contribution in [2.45, 2.75) is 13.0 Å². The highest BCUT2D eigenvalue weighted by Gasteiger charge is 2.19. The molecular weight excluding hydrogens is 330 g/mol. The fourth-order valence-electron chi connectivity index (χ4n) is 3.03. The number of hydrogen-bond donors (Lipinski definition) is 2. The molecule has 0 bridgehead atoms. The van der Waals surface area contributed by atoms with E-state index in [0.29, 0.717) is 12.2 Å². The van der Waals surface area contributed by atoms with E-state index in [1.54, 1.807) is 12.1 Å². The van der Waals surface area contributed by atoms with Gasteiger partial charge in [0, 0.05) is 31.6 Å². The van der Waals surface area contributed by atoms with E-state index in [4.69, 9.17) is 4.74 Å². The second-order valence-electron chi connectivity index (χ2n) is 6.25. The van der Waals surface area contributed by atoms with Gasteiger partial charge in [-0.3, -0.25) is 9.59 Å². The largest absolute Gasteiger partial charge is 0.376 e. The first-order valence-electron chi connectivity index (χ1n) is 8.63. The standard InChI is InChI=1S/C20H23N3O3/c1-26-14-19(24)22-18-8-4-7-17(11-18)21-12-20(25)23-10-9-15-5-2-3-6-16(15)13-23/h2-8,11,21H,9-10,12-14H2,1H3,(H,22,24). The van der Waals surface area contributed by atoms with E-state index >= 15 is 0 Å². The third-order valence-corrected chi connectivity index (χ3v) is 4.35. The lowest BCUT2D eigenvalue weighted by Crippen LogP contribution is -2.39. The van der Waals surface area contributed by atoms with Gasteiger partial charge in [0.2, 0.25) is 11.8 Å². The van der Waals surface area contributed by atoms with Crippen LogP contribution in [-0.2, 0) is 27.3 Å². The van der Waals surface area contributed by atoms with E-state index in [9.17, 15) is 9.59 Å². The summed E-state index contributed by atoms with van der Waals surface area (Å²) in [5.74, 6) is -0.152. The fraction of sp³-hybridized carbons (Fsp3) is 0.300. The van der Waals surface area contributed by atoms with Crippen molar-refractivity contribution in [3.8, 4) is 0 Å². The summed E-state index contributed by atoms with van der Waals surface area (Å²) in [7, 11) is 1.47. The predicted octanol–water partition coefficient (Wildman–Crippen LogP) is 2.27. The second-order valence-corrected chi connectivity index (χ2v) is 6.25. The third-order valence-electron chi connectivity index (χ3n) is 4.35. The minimum Gasteiger partial charge on any atom is -0.376 e. The Balaban J connectivity index is 1.54. The smallest absolute Gasteiger partial charge is 0.250 e. The molecule has 6 nitrogen and oxygen atoms in total. The number of methoxy groups -OCH3 is 1. The molecule has 2 N–H and O–H groups in total. The summed E-state index contributed by atoms with van der Waals surface area (Å²) in [5, 5.41) is 5.88. The van der Waals surface area contributed by atoms with Crippen molar-refractivity contribution < 1.29 is 14.3 Å². The maximum atomic E-state index is 12.5. The van der Waals surface area contributed by atoms with E-state index in [2.05, 4.69) is 22.8 Å². The van der Waals surface area contributed by atoms with Crippen molar-refractivity contribution >= 4 is 23.2 Å². The van der Waals surface area contributed by atoms with Gasteiger partial charge in [-0.15, -0.1) is 0 Å². The van der Waals surface area contributed by atoms with Crippen LogP contribution < -0.4 is 10.6 Å². The van der Waals surface area contributed by atoms with Crippen LogP contribution in [0.15, 0.2) is 48.5 Å². The minimum atomic E-state index is -0.215. The van der Waals surface area contributed by atoms with Crippen LogP contribution in [0.3, 0.4) is 0 Å². The lowest BCUT2D eigenvalue weighted by molar-refractivity contribution is -0.130. The van der Waals surface area contributed by atoms with Crippen LogP contribution >= 0.6 is 0 Å². The first-order valence-corrected chi connectivity index (χ1v) is 8.63. The number of rotatable bonds is 6. The summed E-state index contributed by atoms with van der Waals surface area (Å²) in [4.78, 5) is 26.0. The average Bonchev–Trinajstić information content (AvgIpc) is 2.66. The number of nitrogens with one attached hydrogen (secondary N) is 2. The van der Waals surface area contributed by atoms with E-state index in [1.165, 1.54) is 18.2 Å². The number of hydrogen-bond acceptors (Lipinski definition) is 4. The zero-order valence-corrected chi connectivity index (χ0v) is 14.8. The summed E-state index contributed by atoms with van der Waals surface area (Å²) < 4.78 is 4.80. The quantitative estimate of drug-likeness (QED) is 0.836. The van der Waals surface area contributed by atoms with Gasteiger partial charge >= 0.3 is 0 Å². The van der Waals surface area contributed by atoms with Crippen molar-refractivity contribution in [3.63, 3.8) is 0 Å². The molecule has 0 unspecified atom stereocenters. The Morgan fingerprint density at radius 3 is 2.65 bits per heavy atom. The Kier molecular flexibility index (Phi) is 5.86. The van der Waals surface area contributed by atoms with E-state index in [0.717, 1.165) is 18.7 Å². The lowest BCUT2D eigenvalue weighted by atomic mass is 10.00. The molecule has 2 amide bonds. The summed E-state index contributed by atoms with van der Waals surface area (Å²) >= 11 is 0.